The van der Waals surface area contributed by atoms with Crippen molar-refractivity contribution < 1.29 is 9.59 Å². The van der Waals surface area contributed by atoms with E-state index in [-0.39, 0.29) is 11.8 Å². The van der Waals surface area contributed by atoms with Gasteiger partial charge in [0.05, 0.1) is 0 Å². The van der Waals surface area contributed by atoms with Crippen LogP contribution < -0.4 is 5.73 Å². The van der Waals surface area contributed by atoms with Gasteiger partial charge in [-0.3, -0.25) is 9.59 Å². The maximum atomic E-state index is 12.3. The highest BCUT2D eigenvalue weighted by molar-refractivity contribution is 7.13. The fourth-order valence-corrected chi connectivity index (χ4v) is 2.63. The van der Waals surface area contributed by atoms with Crippen molar-refractivity contribution in [2.24, 2.45) is 0 Å². The van der Waals surface area contributed by atoms with Crippen LogP contribution in [-0.4, -0.2) is 52.3 Å². The van der Waals surface area contributed by atoms with Crippen molar-refractivity contribution in [2.45, 2.75) is 19.4 Å². The van der Waals surface area contributed by atoms with Crippen molar-refractivity contribution in [3.05, 3.63) is 11.1 Å². The van der Waals surface area contributed by atoms with Gasteiger partial charge >= 0.3 is 0 Å². The van der Waals surface area contributed by atoms with Crippen LogP contribution in [0.15, 0.2) is 5.38 Å². The molecule has 0 spiro atoms. The smallest absolute Gasteiger partial charge is 0.274 e. The number of carbonyl (C=O) groups excluding carboxylic acids is 2. The Hall–Kier alpha value is -1.63. The third-order valence-electron chi connectivity index (χ3n) is 3.19. The van der Waals surface area contributed by atoms with E-state index >= 15 is 0 Å². The molecular weight excluding hydrogens is 252 g/mol. The Morgan fingerprint density at radius 2 is 2.17 bits per heavy atom. The van der Waals surface area contributed by atoms with Crippen molar-refractivity contribution in [3.63, 3.8) is 0 Å². The highest BCUT2D eigenvalue weighted by atomic mass is 32.1. The van der Waals surface area contributed by atoms with Gasteiger partial charge in [0, 0.05) is 25.5 Å². The Labute approximate surface area is 109 Å². The van der Waals surface area contributed by atoms with E-state index in [2.05, 4.69) is 4.98 Å². The van der Waals surface area contributed by atoms with E-state index in [1.54, 1.807) is 36.1 Å². The minimum Gasteiger partial charge on any atom is -0.375 e. The third kappa shape index (κ3) is 1.94. The summed E-state index contributed by atoms with van der Waals surface area (Å²) in [6.07, 6.45) is 0. The third-order valence-corrected chi connectivity index (χ3v) is 3.86. The molecule has 1 aliphatic rings. The van der Waals surface area contributed by atoms with Gasteiger partial charge in [-0.2, -0.15) is 0 Å². The highest BCUT2D eigenvalue weighted by Crippen LogP contribution is 2.24. The topological polar surface area (TPSA) is 79.5 Å². The molecule has 0 aromatic carbocycles. The summed E-state index contributed by atoms with van der Waals surface area (Å²) in [7, 11) is 1.74. The maximum absolute atomic E-state index is 12.3. The standard InChI is InChI=1S/C11H16N4O2S/c1-11(2)9(17)14(3)4-5-15(11)8(16)7-6-18-10(12)13-7/h6H,4-5H2,1-3H3,(H2,12,13). The first-order chi connectivity index (χ1) is 8.34. The Balaban J connectivity index is 2.28. The molecule has 7 heteroatoms. The number of carbonyl (C=O) groups is 2. The second-order valence-electron chi connectivity index (χ2n) is 4.81. The van der Waals surface area contributed by atoms with Crippen LogP contribution >= 0.6 is 11.3 Å². The lowest BCUT2D eigenvalue weighted by Gasteiger charge is -2.44. The molecule has 1 saturated heterocycles. The molecule has 1 aliphatic heterocycles. The molecule has 1 fully saturated rings. The van der Waals surface area contributed by atoms with Gasteiger partial charge in [0.25, 0.3) is 5.91 Å². The molecule has 2 rings (SSSR count). The summed E-state index contributed by atoms with van der Waals surface area (Å²) < 4.78 is 0. The average Bonchev–Trinajstić information content (AvgIpc) is 2.72. The van der Waals surface area contributed by atoms with Gasteiger partial charge in [0.2, 0.25) is 5.91 Å². The normalized spacial score (nSPS) is 19.2. The lowest BCUT2D eigenvalue weighted by Crippen LogP contribution is -2.63. The number of hydrogen-bond acceptors (Lipinski definition) is 5. The zero-order chi connectivity index (χ0) is 13.5. The van der Waals surface area contributed by atoms with Crippen LogP contribution in [0.5, 0.6) is 0 Å². The van der Waals surface area contributed by atoms with Gasteiger partial charge in [-0.25, -0.2) is 4.98 Å². The fraction of sp³-hybridized carbons (Fsp3) is 0.545. The monoisotopic (exact) mass is 268 g/mol. The molecule has 0 atom stereocenters. The van der Waals surface area contributed by atoms with Crippen LogP contribution in [0.3, 0.4) is 0 Å². The van der Waals surface area contributed by atoms with Crippen LogP contribution in [0.25, 0.3) is 0 Å². The summed E-state index contributed by atoms with van der Waals surface area (Å²) in [6, 6.07) is 0. The van der Waals surface area contributed by atoms with Gasteiger partial charge in [0.1, 0.15) is 11.2 Å². The number of likely N-dealkylation sites (N-methyl/N-ethyl adjacent to an activating group) is 1. The van der Waals surface area contributed by atoms with Crippen LogP contribution in [0.2, 0.25) is 0 Å². The van der Waals surface area contributed by atoms with E-state index in [4.69, 9.17) is 5.73 Å². The lowest BCUT2D eigenvalue weighted by molar-refractivity contribution is -0.144. The molecule has 0 unspecified atom stereocenters. The van der Waals surface area contributed by atoms with Crippen molar-refractivity contribution in [3.8, 4) is 0 Å². The summed E-state index contributed by atoms with van der Waals surface area (Å²) in [5, 5.41) is 1.98. The first-order valence-electron chi connectivity index (χ1n) is 5.62. The molecule has 2 N–H and O–H groups in total. The highest BCUT2D eigenvalue weighted by Gasteiger charge is 2.43. The molecule has 18 heavy (non-hydrogen) atoms. The Morgan fingerprint density at radius 1 is 1.50 bits per heavy atom. The van der Waals surface area contributed by atoms with Crippen molar-refractivity contribution >= 4 is 28.3 Å². The molecular formula is C11H16N4O2S. The molecule has 2 amide bonds. The number of aromatic nitrogens is 1. The predicted octanol–water partition coefficient (Wildman–Crippen LogP) is 0.418. The van der Waals surface area contributed by atoms with Crippen molar-refractivity contribution in [1.82, 2.24) is 14.8 Å². The zero-order valence-corrected chi connectivity index (χ0v) is 11.5. The Bertz CT molecular complexity index is 497. The molecule has 0 saturated carbocycles. The number of nitrogen functional groups attached to an aromatic ring is 1. The van der Waals surface area contributed by atoms with Gasteiger partial charge in [0.15, 0.2) is 5.13 Å². The molecule has 0 bridgehead atoms. The Morgan fingerprint density at radius 3 is 2.72 bits per heavy atom. The van der Waals surface area contributed by atoms with Gasteiger partial charge in [-0.05, 0) is 13.8 Å². The largest absolute Gasteiger partial charge is 0.375 e. The number of thiazole rings is 1. The van der Waals surface area contributed by atoms with Crippen LogP contribution in [0, 0.1) is 0 Å². The number of piperazine rings is 1. The molecule has 1 aromatic rings. The van der Waals surface area contributed by atoms with Crippen molar-refractivity contribution in [2.75, 3.05) is 25.9 Å². The first-order valence-corrected chi connectivity index (χ1v) is 6.50. The van der Waals surface area contributed by atoms with Gasteiger partial charge < -0.3 is 15.5 Å². The van der Waals surface area contributed by atoms with E-state index < -0.39 is 5.54 Å². The van der Waals surface area contributed by atoms with Gasteiger partial charge in [-0.1, -0.05) is 0 Å². The number of nitrogens with zero attached hydrogens (tertiary/aromatic N) is 3. The quantitative estimate of drug-likeness (QED) is 0.800. The van der Waals surface area contributed by atoms with Gasteiger partial charge in [-0.15, -0.1) is 11.3 Å². The summed E-state index contributed by atoms with van der Waals surface area (Å²) >= 11 is 1.22. The molecule has 6 nitrogen and oxygen atoms in total. The molecule has 98 valence electrons. The fourth-order valence-electron chi connectivity index (χ4n) is 2.09. The Kier molecular flexibility index (Phi) is 3.02. The van der Waals surface area contributed by atoms with Crippen molar-refractivity contribution in [1.29, 1.82) is 0 Å². The summed E-state index contributed by atoms with van der Waals surface area (Å²) in [5.41, 5.74) is 4.99. The second kappa shape index (κ2) is 4.24. The van der Waals surface area contributed by atoms with E-state index in [1.165, 1.54) is 11.3 Å². The lowest BCUT2D eigenvalue weighted by atomic mass is 9.97. The summed E-state index contributed by atoms with van der Waals surface area (Å²) in [5.74, 6) is -0.306. The summed E-state index contributed by atoms with van der Waals surface area (Å²) in [4.78, 5) is 31.6. The number of amides is 2. The number of hydrogen-bond donors (Lipinski definition) is 1. The molecule has 1 aromatic heterocycles. The minimum absolute atomic E-state index is 0.0645. The second-order valence-corrected chi connectivity index (χ2v) is 5.70. The van der Waals surface area contributed by atoms with E-state index in [9.17, 15) is 9.59 Å². The SMILES string of the molecule is CN1CCN(C(=O)c2csc(N)n2)C(C)(C)C1=O. The van der Waals surface area contributed by atoms with Crippen LogP contribution in [-0.2, 0) is 4.79 Å². The maximum Gasteiger partial charge on any atom is 0.274 e. The average molecular weight is 268 g/mol. The zero-order valence-electron chi connectivity index (χ0n) is 10.6. The van der Waals surface area contributed by atoms with Crippen LogP contribution in [0.1, 0.15) is 24.3 Å². The number of nitrogens with two attached hydrogens (primary N) is 1. The molecule has 0 aliphatic carbocycles. The molecule has 2 heterocycles. The first kappa shape index (κ1) is 12.8. The predicted molar refractivity (Wildman–Crippen MR) is 69.3 cm³/mol. The number of anilines is 1. The molecule has 0 radical (unpaired) electrons. The minimum atomic E-state index is -0.845. The van der Waals surface area contributed by atoms with E-state index in [1.807, 2.05) is 0 Å². The van der Waals surface area contributed by atoms with E-state index in [0.717, 1.165) is 0 Å². The van der Waals surface area contributed by atoms with Crippen LogP contribution in [0.4, 0.5) is 5.13 Å². The number of rotatable bonds is 1. The summed E-state index contributed by atoms with van der Waals surface area (Å²) in [6.45, 7) is 4.54. The van der Waals surface area contributed by atoms with E-state index in [0.29, 0.717) is 23.9 Å².